The van der Waals surface area contributed by atoms with E-state index in [-0.39, 0.29) is 11.8 Å². The van der Waals surface area contributed by atoms with Crippen LogP contribution >= 0.6 is 15.9 Å². The van der Waals surface area contributed by atoms with Crippen LogP contribution in [0.5, 0.6) is 5.75 Å². The number of amides is 2. The molecule has 2 amide bonds. The number of carbonyl (C=O) groups excluding carboxylic acids is 2. The quantitative estimate of drug-likeness (QED) is 0.673. The van der Waals surface area contributed by atoms with Crippen molar-refractivity contribution in [2.24, 2.45) is 0 Å². The van der Waals surface area contributed by atoms with Crippen molar-refractivity contribution in [3.05, 3.63) is 64.1 Å². The lowest BCUT2D eigenvalue weighted by Crippen LogP contribution is -2.46. The number of rotatable bonds is 6. The van der Waals surface area contributed by atoms with E-state index in [1.54, 1.807) is 29.0 Å². The van der Waals surface area contributed by atoms with E-state index in [9.17, 15) is 9.59 Å². The van der Waals surface area contributed by atoms with Crippen molar-refractivity contribution in [3.63, 3.8) is 0 Å². The molecule has 0 saturated carbocycles. The lowest BCUT2D eigenvalue weighted by molar-refractivity contribution is -0.134. The lowest BCUT2D eigenvalue weighted by Gasteiger charge is -2.28. The number of likely N-dealkylation sites (N-methyl/N-ethyl adjacent to an activating group) is 1. The third-order valence-corrected chi connectivity index (χ3v) is 5.45. The summed E-state index contributed by atoms with van der Waals surface area (Å²) in [5.41, 5.74) is 1.64. The van der Waals surface area contributed by atoms with Crippen LogP contribution in [-0.4, -0.2) is 47.9 Å². The Hall–Kier alpha value is -2.34. The number of halogens is 1. The van der Waals surface area contributed by atoms with Gasteiger partial charge in [0, 0.05) is 30.2 Å². The fourth-order valence-electron chi connectivity index (χ4n) is 3.49. The highest BCUT2D eigenvalue weighted by molar-refractivity contribution is 9.10. The highest BCUT2D eigenvalue weighted by atomic mass is 79.9. The number of carbonyl (C=O) groups is 2. The number of nitrogens with zero attached hydrogens (tertiary/aromatic N) is 2. The molecule has 28 heavy (non-hydrogen) atoms. The Morgan fingerprint density at radius 2 is 1.82 bits per heavy atom. The maximum atomic E-state index is 13.0. The zero-order valence-electron chi connectivity index (χ0n) is 16.2. The summed E-state index contributed by atoms with van der Waals surface area (Å²) in [6.45, 7) is 3.69. The molecular formula is C22H25BrN2O3. The Labute approximate surface area is 174 Å². The van der Waals surface area contributed by atoms with Gasteiger partial charge in [0.2, 0.25) is 5.91 Å². The molecule has 1 aliphatic rings. The van der Waals surface area contributed by atoms with E-state index >= 15 is 0 Å². The van der Waals surface area contributed by atoms with Crippen molar-refractivity contribution in [3.8, 4) is 5.75 Å². The molecule has 6 heteroatoms. The minimum absolute atomic E-state index is 0.0168. The van der Waals surface area contributed by atoms with E-state index in [1.807, 2.05) is 43.3 Å². The van der Waals surface area contributed by atoms with Crippen molar-refractivity contribution >= 4 is 27.7 Å². The molecule has 0 aliphatic carbocycles. The number of likely N-dealkylation sites (tertiary alicyclic amines) is 1. The fraction of sp³-hybridized carbons (Fsp3) is 0.364. The molecule has 0 N–H and O–H groups in total. The zero-order valence-corrected chi connectivity index (χ0v) is 17.8. The fourth-order valence-corrected chi connectivity index (χ4v) is 3.75. The summed E-state index contributed by atoms with van der Waals surface area (Å²) in [6.07, 6.45) is 1.55. The summed E-state index contributed by atoms with van der Waals surface area (Å²) >= 11 is 3.38. The predicted octanol–water partition coefficient (Wildman–Crippen LogP) is 4.11. The minimum atomic E-state index is -0.399. The number of ether oxygens (including phenoxy) is 1. The first-order valence-electron chi connectivity index (χ1n) is 9.53. The molecule has 0 bridgehead atoms. The highest BCUT2D eigenvalue weighted by Crippen LogP contribution is 2.23. The first-order valence-corrected chi connectivity index (χ1v) is 10.3. The first kappa shape index (κ1) is 20.4. The van der Waals surface area contributed by atoms with Crippen LogP contribution in [0.1, 0.15) is 35.7 Å². The second-order valence-electron chi connectivity index (χ2n) is 6.93. The molecule has 1 atom stereocenters. The monoisotopic (exact) mass is 444 g/mol. The van der Waals surface area contributed by atoms with Gasteiger partial charge in [-0.15, -0.1) is 0 Å². The lowest BCUT2D eigenvalue weighted by atomic mass is 10.1. The molecule has 148 valence electrons. The predicted molar refractivity (Wildman–Crippen MR) is 112 cm³/mol. The Bertz CT molecular complexity index is 821. The molecule has 1 aliphatic heterocycles. The largest absolute Gasteiger partial charge is 0.494 e. The number of hydrogen-bond acceptors (Lipinski definition) is 3. The topological polar surface area (TPSA) is 49.9 Å². The van der Waals surface area contributed by atoms with Crippen LogP contribution in [0.4, 0.5) is 0 Å². The molecule has 1 saturated heterocycles. The summed E-state index contributed by atoms with van der Waals surface area (Å²) in [6, 6.07) is 14.6. The van der Waals surface area contributed by atoms with Crippen LogP contribution in [0.25, 0.3) is 0 Å². The summed E-state index contributed by atoms with van der Waals surface area (Å²) in [7, 11) is 1.79. The van der Waals surface area contributed by atoms with Gasteiger partial charge in [-0.3, -0.25) is 9.59 Å². The van der Waals surface area contributed by atoms with Crippen molar-refractivity contribution in [1.82, 2.24) is 9.80 Å². The standard InChI is InChI=1S/C22H25BrN2O3/c1-3-28-19-12-6-16(7-13-19)15-24(2)22(27)20-5-4-14-25(20)21(26)17-8-10-18(23)11-9-17/h6-13,20H,3-5,14-15H2,1-2H3. The van der Waals surface area contributed by atoms with Crippen LogP contribution in [0.15, 0.2) is 53.0 Å². The van der Waals surface area contributed by atoms with E-state index in [0.29, 0.717) is 31.7 Å². The summed E-state index contributed by atoms with van der Waals surface area (Å²) < 4.78 is 6.38. The molecule has 0 radical (unpaired) electrons. The van der Waals surface area contributed by atoms with E-state index < -0.39 is 6.04 Å². The Kier molecular flexibility index (Phi) is 6.73. The average Bonchev–Trinajstić information content (AvgIpc) is 3.19. The minimum Gasteiger partial charge on any atom is -0.494 e. The highest BCUT2D eigenvalue weighted by Gasteiger charge is 2.36. The first-order chi connectivity index (χ1) is 13.5. The summed E-state index contributed by atoms with van der Waals surface area (Å²) in [5.74, 6) is 0.719. The molecular weight excluding hydrogens is 420 g/mol. The second-order valence-corrected chi connectivity index (χ2v) is 7.85. The second kappa shape index (κ2) is 9.24. The van der Waals surface area contributed by atoms with Crippen LogP contribution in [-0.2, 0) is 11.3 Å². The molecule has 1 unspecified atom stereocenters. The average molecular weight is 445 g/mol. The molecule has 1 fully saturated rings. The van der Waals surface area contributed by atoms with E-state index in [2.05, 4.69) is 15.9 Å². The zero-order chi connectivity index (χ0) is 20.1. The van der Waals surface area contributed by atoms with Gasteiger partial charge in [0.25, 0.3) is 5.91 Å². The van der Waals surface area contributed by atoms with Crippen molar-refractivity contribution in [1.29, 1.82) is 0 Å². The Morgan fingerprint density at radius 1 is 1.14 bits per heavy atom. The Balaban J connectivity index is 1.66. The molecule has 1 heterocycles. The van der Waals surface area contributed by atoms with E-state index in [4.69, 9.17) is 4.74 Å². The molecule has 2 aromatic rings. The third kappa shape index (κ3) is 4.73. The number of hydrogen-bond donors (Lipinski definition) is 0. The van der Waals surface area contributed by atoms with E-state index in [0.717, 1.165) is 22.2 Å². The van der Waals surface area contributed by atoms with Crippen LogP contribution in [0.3, 0.4) is 0 Å². The summed E-state index contributed by atoms with van der Waals surface area (Å²) in [4.78, 5) is 29.3. The SMILES string of the molecule is CCOc1ccc(CN(C)C(=O)C2CCCN2C(=O)c2ccc(Br)cc2)cc1. The van der Waals surface area contributed by atoms with Gasteiger partial charge in [-0.25, -0.2) is 0 Å². The van der Waals surface area contributed by atoms with Crippen LogP contribution in [0, 0.1) is 0 Å². The van der Waals surface area contributed by atoms with Gasteiger partial charge in [-0.1, -0.05) is 28.1 Å². The van der Waals surface area contributed by atoms with Crippen molar-refractivity contribution in [2.45, 2.75) is 32.4 Å². The van der Waals surface area contributed by atoms with Gasteiger partial charge in [-0.2, -0.15) is 0 Å². The molecule has 2 aromatic carbocycles. The normalized spacial score (nSPS) is 16.1. The molecule has 5 nitrogen and oxygen atoms in total. The van der Waals surface area contributed by atoms with Gasteiger partial charge < -0.3 is 14.5 Å². The molecule has 3 rings (SSSR count). The third-order valence-electron chi connectivity index (χ3n) is 4.92. The van der Waals surface area contributed by atoms with Gasteiger partial charge >= 0.3 is 0 Å². The molecule has 0 aromatic heterocycles. The maximum Gasteiger partial charge on any atom is 0.254 e. The van der Waals surface area contributed by atoms with Crippen molar-refractivity contribution in [2.75, 3.05) is 20.2 Å². The summed E-state index contributed by atoms with van der Waals surface area (Å²) in [5, 5.41) is 0. The van der Waals surface area contributed by atoms with Crippen LogP contribution < -0.4 is 4.74 Å². The van der Waals surface area contributed by atoms with Gasteiger partial charge in [-0.05, 0) is 61.7 Å². The van der Waals surface area contributed by atoms with Gasteiger partial charge in [0.15, 0.2) is 0 Å². The Morgan fingerprint density at radius 3 is 2.46 bits per heavy atom. The van der Waals surface area contributed by atoms with Crippen molar-refractivity contribution < 1.29 is 14.3 Å². The van der Waals surface area contributed by atoms with Gasteiger partial charge in [0.1, 0.15) is 11.8 Å². The van der Waals surface area contributed by atoms with Crippen LogP contribution in [0.2, 0.25) is 0 Å². The maximum absolute atomic E-state index is 13.0. The smallest absolute Gasteiger partial charge is 0.254 e. The van der Waals surface area contributed by atoms with E-state index in [1.165, 1.54) is 0 Å². The van der Waals surface area contributed by atoms with Gasteiger partial charge in [0.05, 0.1) is 6.61 Å². The molecule has 0 spiro atoms. The number of benzene rings is 2.